The molecule has 2 N–H and O–H groups in total. The Morgan fingerprint density at radius 1 is 1.17 bits per heavy atom. The van der Waals surface area contributed by atoms with Gasteiger partial charge in [0, 0.05) is 11.6 Å². The minimum atomic E-state index is -0.160. The van der Waals surface area contributed by atoms with Gasteiger partial charge in [-0.1, -0.05) is 12.1 Å². The zero-order valence-electron chi connectivity index (χ0n) is 10.5. The topological polar surface area (TPSA) is 44.5 Å². The van der Waals surface area contributed by atoms with Crippen LogP contribution in [0.1, 0.15) is 18.6 Å². The van der Waals surface area contributed by atoms with Gasteiger partial charge in [0.25, 0.3) is 0 Å². The molecule has 2 atom stereocenters. The average molecular weight is 263 g/mol. The lowest BCUT2D eigenvalue weighted by molar-refractivity contribution is 0.173. The van der Waals surface area contributed by atoms with E-state index in [-0.39, 0.29) is 12.1 Å². The van der Waals surface area contributed by atoms with Crippen LogP contribution in [0, 0.1) is 0 Å². The maximum atomic E-state index is 6.01. The zero-order valence-corrected chi connectivity index (χ0v) is 11.3. The van der Waals surface area contributed by atoms with E-state index in [1.165, 1.54) is 0 Å². The van der Waals surface area contributed by atoms with Crippen LogP contribution in [0.25, 0.3) is 0 Å². The van der Waals surface area contributed by atoms with Gasteiger partial charge in [0.1, 0.15) is 6.10 Å². The number of hydrogen-bond donors (Lipinski definition) is 1. The highest BCUT2D eigenvalue weighted by Gasteiger charge is 2.20. The Balaban J connectivity index is 2.24. The van der Waals surface area contributed by atoms with Gasteiger partial charge in [-0.15, -0.1) is 0 Å². The van der Waals surface area contributed by atoms with Crippen LogP contribution in [0.3, 0.4) is 0 Å². The second kappa shape index (κ2) is 5.89. The highest BCUT2D eigenvalue weighted by atomic mass is 32.1. The van der Waals surface area contributed by atoms with Crippen molar-refractivity contribution in [2.24, 2.45) is 5.73 Å². The van der Waals surface area contributed by atoms with Crippen LogP contribution in [0.2, 0.25) is 0 Å². The van der Waals surface area contributed by atoms with Crippen LogP contribution in [-0.2, 0) is 0 Å². The first-order valence-corrected chi connectivity index (χ1v) is 6.74. The molecule has 0 saturated heterocycles. The maximum absolute atomic E-state index is 6.01. The smallest absolute Gasteiger partial charge is 0.162 e. The van der Waals surface area contributed by atoms with Gasteiger partial charge in [0.15, 0.2) is 11.5 Å². The Morgan fingerprint density at radius 2 is 1.89 bits per heavy atom. The van der Waals surface area contributed by atoms with E-state index in [0.717, 1.165) is 11.3 Å². The van der Waals surface area contributed by atoms with E-state index in [2.05, 4.69) is 5.38 Å². The summed E-state index contributed by atoms with van der Waals surface area (Å²) < 4.78 is 11.3. The van der Waals surface area contributed by atoms with Gasteiger partial charge < -0.3 is 15.2 Å². The minimum Gasteiger partial charge on any atom is -0.493 e. The molecule has 0 amide bonds. The summed E-state index contributed by atoms with van der Waals surface area (Å²) in [6.07, 6.45) is -0.160. The summed E-state index contributed by atoms with van der Waals surface area (Å²) in [6, 6.07) is 9.54. The van der Waals surface area contributed by atoms with Crippen LogP contribution in [0.4, 0.5) is 0 Å². The third kappa shape index (κ3) is 2.83. The van der Waals surface area contributed by atoms with Crippen molar-refractivity contribution in [2.45, 2.75) is 19.1 Å². The Labute approximate surface area is 111 Å². The first kappa shape index (κ1) is 12.9. The fourth-order valence-corrected chi connectivity index (χ4v) is 2.45. The lowest BCUT2D eigenvalue weighted by atomic mass is 10.1. The fraction of sp³-hybridized carbons (Fsp3) is 0.286. The van der Waals surface area contributed by atoms with E-state index >= 15 is 0 Å². The standard InChI is InChI=1S/C14H17NO2S/c1-10(15)14(11-7-8-18-9-11)17-13-6-4-3-5-12(13)16-2/h3-10,14H,15H2,1-2H3. The lowest BCUT2D eigenvalue weighted by Gasteiger charge is -2.22. The summed E-state index contributed by atoms with van der Waals surface area (Å²) in [5, 5.41) is 4.08. The first-order valence-electron chi connectivity index (χ1n) is 5.79. The number of rotatable bonds is 5. The second-order valence-electron chi connectivity index (χ2n) is 4.11. The van der Waals surface area contributed by atoms with Crippen molar-refractivity contribution in [2.75, 3.05) is 7.11 Å². The summed E-state index contributed by atoms with van der Waals surface area (Å²) >= 11 is 1.64. The number of thiophene rings is 1. The molecule has 0 radical (unpaired) electrons. The summed E-state index contributed by atoms with van der Waals surface area (Å²) in [7, 11) is 1.63. The summed E-state index contributed by atoms with van der Waals surface area (Å²) in [4.78, 5) is 0. The average Bonchev–Trinajstić information content (AvgIpc) is 2.89. The number of hydrogen-bond acceptors (Lipinski definition) is 4. The molecule has 0 saturated carbocycles. The quantitative estimate of drug-likeness (QED) is 0.900. The minimum absolute atomic E-state index is 0.0930. The van der Waals surface area contributed by atoms with Gasteiger partial charge in [-0.2, -0.15) is 11.3 Å². The van der Waals surface area contributed by atoms with Crippen molar-refractivity contribution in [3.63, 3.8) is 0 Å². The third-order valence-corrected chi connectivity index (χ3v) is 3.37. The lowest BCUT2D eigenvalue weighted by Crippen LogP contribution is -2.28. The molecule has 0 spiro atoms. The van der Waals surface area contributed by atoms with E-state index < -0.39 is 0 Å². The van der Waals surface area contributed by atoms with Gasteiger partial charge in [-0.3, -0.25) is 0 Å². The van der Waals surface area contributed by atoms with Crippen molar-refractivity contribution in [1.29, 1.82) is 0 Å². The molecule has 2 aromatic rings. The Morgan fingerprint density at radius 3 is 2.44 bits per heavy atom. The van der Waals surface area contributed by atoms with Gasteiger partial charge in [-0.25, -0.2) is 0 Å². The molecule has 96 valence electrons. The van der Waals surface area contributed by atoms with Crippen molar-refractivity contribution < 1.29 is 9.47 Å². The van der Waals surface area contributed by atoms with Crippen LogP contribution < -0.4 is 15.2 Å². The molecule has 0 aliphatic heterocycles. The van der Waals surface area contributed by atoms with Crippen LogP contribution in [0.5, 0.6) is 11.5 Å². The highest BCUT2D eigenvalue weighted by Crippen LogP contribution is 2.32. The Hall–Kier alpha value is -1.52. The van der Waals surface area contributed by atoms with Crippen molar-refractivity contribution in [3.05, 3.63) is 46.7 Å². The number of nitrogens with two attached hydrogens (primary N) is 1. The maximum Gasteiger partial charge on any atom is 0.162 e. The number of methoxy groups -OCH3 is 1. The molecule has 0 aliphatic rings. The van der Waals surface area contributed by atoms with Gasteiger partial charge in [-0.05, 0) is 35.9 Å². The van der Waals surface area contributed by atoms with E-state index in [1.807, 2.05) is 42.6 Å². The van der Waals surface area contributed by atoms with Crippen molar-refractivity contribution in [1.82, 2.24) is 0 Å². The fourth-order valence-electron chi connectivity index (χ4n) is 1.77. The summed E-state index contributed by atoms with van der Waals surface area (Å²) in [6.45, 7) is 1.94. The van der Waals surface area contributed by atoms with Crippen molar-refractivity contribution >= 4 is 11.3 Å². The van der Waals surface area contributed by atoms with Gasteiger partial charge >= 0.3 is 0 Å². The van der Waals surface area contributed by atoms with E-state index in [1.54, 1.807) is 18.4 Å². The zero-order chi connectivity index (χ0) is 13.0. The molecule has 4 heteroatoms. The second-order valence-corrected chi connectivity index (χ2v) is 4.89. The molecule has 0 aliphatic carbocycles. The van der Waals surface area contributed by atoms with Crippen LogP contribution in [0.15, 0.2) is 41.1 Å². The molecule has 0 fully saturated rings. The predicted molar refractivity (Wildman–Crippen MR) is 74.3 cm³/mol. The molecular formula is C14H17NO2S. The Kier molecular flexibility index (Phi) is 4.23. The highest BCUT2D eigenvalue weighted by molar-refractivity contribution is 7.07. The number of benzene rings is 1. The summed E-state index contributed by atoms with van der Waals surface area (Å²) in [5.41, 5.74) is 7.10. The van der Waals surface area contributed by atoms with Crippen molar-refractivity contribution in [3.8, 4) is 11.5 Å². The van der Waals surface area contributed by atoms with E-state index in [4.69, 9.17) is 15.2 Å². The normalized spacial score (nSPS) is 13.9. The molecule has 1 heterocycles. The largest absolute Gasteiger partial charge is 0.493 e. The molecule has 2 unspecified atom stereocenters. The number of para-hydroxylation sites is 2. The van der Waals surface area contributed by atoms with E-state index in [9.17, 15) is 0 Å². The van der Waals surface area contributed by atoms with Crippen LogP contribution in [-0.4, -0.2) is 13.2 Å². The van der Waals surface area contributed by atoms with Gasteiger partial charge in [0.2, 0.25) is 0 Å². The van der Waals surface area contributed by atoms with Gasteiger partial charge in [0.05, 0.1) is 7.11 Å². The molecule has 2 rings (SSSR count). The monoisotopic (exact) mass is 263 g/mol. The Bertz CT molecular complexity index is 482. The molecule has 18 heavy (non-hydrogen) atoms. The van der Waals surface area contributed by atoms with Crippen LogP contribution >= 0.6 is 11.3 Å². The predicted octanol–water partition coefficient (Wildman–Crippen LogP) is 3.22. The third-order valence-electron chi connectivity index (χ3n) is 2.67. The molecular weight excluding hydrogens is 246 g/mol. The SMILES string of the molecule is COc1ccccc1OC(c1ccsc1)C(C)N. The molecule has 0 bridgehead atoms. The molecule has 1 aromatic carbocycles. The number of ether oxygens (including phenoxy) is 2. The molecule has 1 aromatic heterocycles. The summed E-state index contributed by atoms with van der Waals surface area (Å²) in [5.74, 6) is 1.44. The first-order chi connectivity index (χ1) is 8.72. The molecule has 3 nitrogen and oxygen atoms in total. The van der Waals surface area contributed by atoms with E-state index in [0.29, 0.717) is 5.75 Å².